The summed E-state index contributed by atoms with van der Waals surface area (Å²) in [6.45, 7) is 5.70. The third kappa shape index (κ3) is 3.88. The van der Waals surface area contributed by atoms with Crippen LogP contribution in [-0.4, -0.2) is 44.6 Å². The first-order valence-electron chi connectivity index (χ1n) is 6.20. The maximum atomic E-state index is 12.2. The van der Waals surface area contributed by atoms with E-state index >= 15 is 0 Å². The van der Waals surface area contributed by atoms with Gasteiger partial charge < -0.3 is 15.7 Å². The Balaban J connectivity index is 2.69. The van der Waals surface area contributed by atoms with Crippen molar-refractivity contribution >= 4 is 23.6 Å². The molecule has 1 saturated heterocycles. The van der Waals surface area contributed by atoms with E-state index in [1.54, 1.807) is 11.8 Å². The summed E-state index contributed by atoms with van der Waals surface area (Å²) >= 11 is 1.54. The molecule has 1 heterocycles. The molecule has 0 aromatic rings. The second-order valence-electron chi connectivity index (χ2n) is 5.34. The molecule has 1 aliphatic rings. The highest BCUT2D eigenvalue weighted by atomic mass is 32.2. The normalized spacial score (nSPS) is 24.3. The van der Waals surface area contributed by atoms with Crippen LogP contribution in [0.1, 0.15) is 40.0 Å². The van der Waals surface area contributed by atoms with Crippen molar-refractivity contribution < 1.29 is 14.7 Å². The van der Waals surface area contributed by atoms with Crippen molar-refractivity contribution in [2.75, 3.05) is 5.75 Å². The summed E-state index contributed by atoms with van der Waals surface area (Å²) in [7, 11) is 0. The van der Waals surface area contributed by atoms with Crippen molar-refractivity contribution in [3.63, 3.8) is 0 Å². The second-order valence-corrected chi connectivity index (χ2v) is 6.55. The molecular weight excluding hydrogens is 252 g/mol. The van der Waals surface area contributed by atoms with E-state index in [0.717, 1.165) is 6.42 Å². The van der Waals surface area contributed by atoms with Crippen LogP contribution >= 0.6 is 11.8 Å². The van der Waals surface area contributed by atoms with Crippen LogP contribution in [0.5, 0.6) is 0 Å². The van der Waals surface area contributed by atoms with Crippen LogP contribution in [0.2, 0.25) is 0 Å². The van der Waals surface area contributed by atoms with Gasteiger partial charge in [-0.25, -0.2) is 4.79 Å². The van der Waals surface area contributed by atoms with Crippen LogP contribution in [0.15, 0.2) is 0 Å². The Labute approximate surface area is 112 Å². The molecule has 1 aliphatic heterocycles. The summed E-state index contributed by atoms with van der Waals surface area (Å²) in [5.41, 5.74) is 5.45. The summed E-state index contributed by atoms with van der Waals surface area (Å²) in [4.78, 5) is 24.8. The molecule has 0 radical (unpaired) electrons. The third-order valence-electron chi connectivity index (χ3n) is 3.00. The quantitative estimate of drug-likeness (QED) is 0.788. The molecule has 2 unspecified atom stereocenters. The van der Waals surface area contributed by atoms with Crippen molar-refractivity contribution in [2.45, 2.75) is 57.0 Å². The molecule has 5 nitrogen and oxygen atoms in total. The maximum Gasteiger partial charge on any atom is 0.327 e. The molecule has 1 fully saturated rings. The van der Waals surface area contributed by atoms with E-state index in [0.29, 0.717) is 18.6 Å². The SMILES string of the molecule is CCC1SCC(C(=O)O)N1C(=O)CCC(C)(C)N. The molecule has 2 atom stereocenters. The van der Waals surface area contributed by atoms with Gasteiger partial charge in [-0.3, -0.25) is 4.79 Å². The lowest BCUT2D eigenvalue weighted by atomic mass is 9.99. The first-order chi connectivity index (χ1) is 8.26. The van der Waals surface area contributed by atoms with Crippen molar-refractivity contribution in [1.29, 1.82) is 0 Å². The molecule has 0 aromatic carbocycles. The molecule has 104 valence electrons. The largest absolute Gasteiger partial charge is 0.480 e. The number of nitrogens with zero attached hydrogens (tertiary/aromatic N) is 1. The summed E-state index contributed by atoms with van der Waals surface area (Å²) in [6, 6.07) is -0.687. The van der Waals surface area contributed by atoms with Gasteiger partial charge in [0.05, 0.1) is 5.37 Å². The number of carbonyl (C=O) groups excluding carboxylic acids is 1. The number of rotatable bonds is 5. The second kappa shape index (κ2) is 5.93. The molecule has 0 bridgehead atoms. The first-order valence-corrected chi connectivity index (χ1v) is 7.25. The smallest absolute Gasteiger partial charge is 0.327 e. The van der Waals surface area contributed by atoms with Gasteiger partial charge in [-0.15, -0.1) is 11.8 Å². The zero-order valence-electron chi connectivity index (χ0n) is 11.2. The highest BCUT2D eigenvalue weighted by molar-refractivity contribution is 8.00. The van der Waals surface area contributed by atoms with Gasteiger partial charge in [0.15, 0.2) is 0 Å². The predicted molar refractivity (Wildman–Crippen MR) is 72.3 cm³/mol. The Hall–Kier alpha value is -0.750. The lowest BCUT2D eigenvalue weighted by Gasteiger charge is -2.28. The van der Waals surface area contributed by atoms with Crippen molar-refractivity contribution in [3.8, 4) is 0 Å². The van der Waals surface area contributed by atoms with E-state index in [-0.39, 0.29) is 11.3 Å². The number of aliphatic carboxylic acids is 1. The lowest BCUT2D eigenvalue weighted by Crippen LogP contribution is -2.46. The molecule has 6 heteroatoms. The van der Waals surface area contributed by atoms with Crippen molar-refractivity contribution in [1.82, 2.24) is 4.90 Å². The number of nitrogens with two attached hydrogens (primary N) is 1. The van der Waals surface area contributed by atoms with Gasteiger partial charge in [-0.2, -0.15) is 0 Å². The number of thioether (sulfide) groups is 1. The standard InChI is InChI=1S/C12H22N2O3S/c1-4-10-14(8(7-18-10)11(16)17)9(15)5-6-12(2,3)13/h8,10H,4-7,13H2,1-3H3,(H,16,17). The van der Waals surface area contributed by atoms with Gasteiger partial charge >= 0.3 is 5.97 Å². The van der Waals surface area contributed by atoms with Crippen LogP contribution in [0.25, 0.3) is 0 Å². The number of hydrogen-bond acceptors (Lipinski definition) is 4. The molecular formula is C12H22N2O3S. The zero-order chi connectivity index (χ0) is 13.9. The van der Waals surface area contributed by atoms with Crippen LogP contribution < -0.4 is 5.73 Å². The molecule has 0 saturated carbocycles. The average molecular weight is 274 g/mol. The van der Waals surface area contributed by atoms with Crippen molar-refractivity contribution in [3.05, 3.63) is 0 Å². The fourth-order valence-electron chi connectivity index (χ4n) is 1.96. The Bertz CT molecular complexity index is 328. The summed E-state index contributed by atoms with van der Waals surface area (Å²) in [6.07, 6.45) is 1.65. The monoisotopic (exact) mass is 274 g/mol. The molecule has 1 amide bonds. The fourth-order valence-corrected chi connectivity index (χ4v) is 3.33. The minimum Gasteiger partial charge on any atom is -0.480 e. The first kappa shape index (κ1) is 15.3. The van der Waals surface area contributed by atoms with E-state index < -0.39 is 17.6 Å². The predicted octanol–water partition coefficient (Wildman–Crippen LogP) is 1.27. The number of carbonyl (C=O) groups is 2. The van der Waals surface area contributed by atoms with Gasteiger partial charge in [0.2, 0.25) is 5.91 Å². The molecule has 1 rings (SSSR count). The average Bonchev–Trinajstić information content (AvgIpc) is 2.68. The minimum absolute atomic E-state index is 0.0144. The van der Waals surface area contributed by atoms with Crippen molar-refractivity contribution in [2.24, 2.45) is 5.73 Å². The van der Waals surface area contributed by atoms with Gasteiger partial charge in [0.1, 0.15) is 6.04 Å². The fraction of sp³-hybridized carbons (Fsp3) is 0.833. The Kier molecular flexibility index (Phi) is 5.04. The Morgan fingerprint density at radius 2 is 2.11 bits per heavy atom. The van der Waals surface area contributed by atoms with E-state index in [4.69, 9.17) is 10.8 Å². The summed E-state index contributed by atoms with van der Waals surface area (Å²) in [5, 5.41) is 9.13. The van der Waals surface area contributed by atoms with Crippen LogP contribution in [0.4, 0.5) is 0 Å². The van der Waals surface area contributed by atoms with Gasteiger partial charge in [-0.1, -0.05) is 6.92 Å². The zero-order valence-corrected chi connectivity index (χ0v) is 12.0. The molecule has 18 heavy (non-hydrogen) atoms. The molecule has 0 spiro atoms. The number of hydrogen-bond donors (Lipinski definition) is 2. The van der Waals surface area contributed by atoms with E-state index in [1.807, 2.05) is 20.8 Å². The van der Waals surface area contributed by atoms with Crippen LogP contribution in [0, 0.1) is 0 Å². The third-order valence-corrected chi connectivity index (χ3v) is 4.45. The highest BCUT2D eigenvalue weighted by Gasteiger charge is 2.40. The lowest BCUT2D eigenvalue weighted by molar-refractivity contribution is -0.149. The van der Waals surface area contributed by atoms with Gasteiger partial charge in [0.25, 0.3) is 0 Å². The summed E-state index contributed by atoms with van der Waals surface area (Å²) < 4.78 is 0. The number of carboxylic acid groups (broad SMARTS) is 1. The minimum atomic E-state index is -0.918. The Morgan fingerprint density at radius 3 is 2.56 bits per heavy atom. The van der Waals surface area contributed by atoms with Gasteiger partial charge in [-0.05, 0) is 26.7 Å². The van der Waals surface area contributed by atoms with Gasteiger partial charge in [0, 0.05) is 17.7 Å². The summed E-state index contributed by atoms with van der Waals surface area (Å²) in [5.74, 6) is -0.539. The van der Waals surface area contributed by atoms with Crippen LogP contribution in [-0.2, 0) is 9.59 Å². The molecule has 3 N–H and O–H groups in total. The topological polar surface area (TPSA) is 83.6 Å². The van der Waals surface area contributed by atoms with E-state index in [1.165, 1.54) is 4.90 Å². The van der Waals surface area contributed by atoms with E-state index in [9.17, 15) is 9.59 Å². The Morgan fingerprint density at radius 1 is 1.50 bits per heavy atom. The highest BCUT2D eigenvalue weighted by Crippen LogP contribution is 2.32. The number of amides is 1. The maximum absolute atomic E-state index is 12.2. The van der Waals surface area contributed by atoms with Crippen LogP contribution in [0.3, 0.4) is 0 Å². The number of carboxylic acids is 1. The molecule has 0 aliphatic carbocycles. The molecule has 0 aromatic heterocycles. The van der Waals surface area contributed by atoms with E-state index in [2.05, 4.69) is 0 Å².